The van der Waals surface area contributed by atoms with Gasteiger partial charge in [-0.1, -0.05) is 0 Å². The third-order valence-corrected chi connectivity index (χ3v) is 6.15. The predicted molar refractivity (Wildman–Crippen MR) is 85.1 cm³/mol. The number of aromatic nitrogens is 3. The molecular formula is C13H20N6O3S. The summed E-state index contributed by atoms with van der Waals surface area (Å²) in [4.78, 5) is 20.8. The summed E-state index contributed by atoms with van der Waals surface area (Å²) in [7, 11) is -1.11. The molecule has 2 aliphatic rings. The zero-order valence-corrected chi connectivity index (χ0v) is 13.8. The van der Waals surface area contributed by atoms with Crippen LogP contribution in [-0.2, 0) is 14.6 Å². The number of carbonyl (C=O) groups is 1. The van der Waals surface area contributed by atoms with E-state index in [1.807, 2.05) is 16.8 Å². The molecule has 3 rings (SSSR count). The van der Waals surface area contributed by atoms with Crippen LogP contribution in [0.3, 0.4) is 0 Å². The summed E-state index contributed by atoms with van der Waals surface area (Å²) in [6.07, 6.45) is 3.01. The van der Waals surface area contributed by atoms with Gasteiger partial charge in [-0.2, -0.15) is 10.1 Å². The number of piperazine rings is 1. The van der Waals surface area contributed by atoms with Gasteiger partial charge in [-0.15, -0.1) is 5.10 Å². The first-order valence-electron chi connectivity index (χ1n) is 7.56. The molecule has 1 amide bonds. The second kappa shape index (κ2) is 6.26. The number of nitrogens with zero attached hydrogens (tertiary/aromatic N) is 6. The predicted octanol–water partition coefficient (Wildman–Crippen LogP) is -1.23. The zero-order chi connectivity index (χ0) is 16.4. The number of anilines is 2. The Balaban J connectivity index is 1.71. The molecule has 2 aliphatic heterocycles. The van der Waals surface area contributed by atoms with Crippen molar-refractivity contribution < 1.29 is 13.2 Å². The molecule has 2 saturated heterocycles. The fourth-order valence-electron chi connectivity index (χ4n) is 2.88. The first-order chi connectivity index (χ1) is 11.0. The Labute approximate surface area is 135 Å². The third kappa shape index (κ3) is 3.52. The van der Waals surface area contributed by atoms with Gasteiger partial charge in [0.2, 0.25) is 12.4 Å². The minimum atomic E-state index is -2.94. The second-order valence-corrected chi connectivity index (χ2v) is 8.14. The molecule has 0 aliphatic carbocycles. The van der Waals surface area contributed by atoms with Gasteiger partial charge in [-0.05, 0) is 6.42 Å². The van der Waals surface area contributed by atoms with Crippen LogP contribution in [0.5, 0.6) is 0 Å². The van der Waals surface area contributed by atoms with Gasteiger partial charge in [0.05, 0.1) is 17.7 Å². The van der Waals surface area contributed by atoms with Crippen molar-refractivity contribution >= 4 is 28.0 Å². The summed E-state index contributed by atoms with van der Waals surface area (Å²) in [5, 5.41) is 8.06. The summed E-state index contributed by atoms with van der Waals surface area (Å²) in [6, 6.07) is -0.0727. The van der Waals surface area contributed by atoms with E-state index in [2.05, 4.69) is 15.2 Å². The van der Waals surface area contributed by atoms with Crippen molar-refractivity contribution in [2.24, 2.45) is 0 Å². The van der Waals surface area contributed by atoms with E-state index in [9.17, 15) is 13.2 Å². The van der Waals surface area contributed by atoms with Gasteiger partial charge in [0, 0.05) is 39.3 Å². The Morgan fingerprint density at radius 3 is 2.65 bits per heavy atom. The lowest BCUT2D eigenvalue weighted by Crippen LogP contribution is -2.46. The molecule has 0 spiro atoms. The van der Waals surface area contributed by atoms with Crippen molar-refractivity contribution in [1.82, 2.24) is 20.1 Å². The Hall–Kier alpha value is -1.97. The average molecular weight is 340 g/mol. The van der Waals surface area contributed by atoms with Crippen LogP contribution in [0, 0.1) is 0 Å². The van der Waals surface area contributed by atoms with Crippen LogP contribution in [0.1, 0.15) is 6.42 Å². The van der Waals surface area contributed by atoms with Crippen molar-refractivity contribution in [3.8, 4) is 0 Å². The Bertz CT molecular complexity index is 674. The van der Waals surface area contributed by atoms with E-state index >= 15 is 0 Å². The van der Waals surface area contributed by atoms with Crippen LogP contribution in [0.4, 0.5) is 11.8 Å². The summed E-state index contributed by atoms with van der Waals surface area (Å²) in [5.74, 6) is 1.51. The molecule has 1 atom stereocenters. The Morgan fingerprint density at radius 1 is 1.30 bits per heavy atom. The van der Waals surface area contributed by atoms with E-state index in [1.54, 1.807) is 11.1 Å². The molecule has 126 valence electrons. The molecule has 1 aromatic heterocycles. The van der Waals surface area contributed by atoms with E-state index in [0.29, 0.717) is 44.4 Å². The number of hydrogen-bond donors (Lipinski definition) is 0. The van der Waals surface area contributed by atoms with Gasteiger partial charge >= 0.3 is 0 Å². The molecule has 10 heteroatoms. The number of hydrogen-bond acceptors (Lipinski definition) is 8. The quantitative estimate of drug-likeness (QED) is 0.629. The first kappa shape index (κ1) is 15.9. The van der Waals surface area contributed by atoms with Crippen molar-refractivity contribution in [3.63, 3.8) is 0 Å². The van der Waals surface area contributed by atoms with Gasteiger partial charge in [-0.3, -0.25) is 4.79 Å². The molecule has 3 heterocycles. The van der Waals surface area contributed by atoms with Gasteiger partial charge < -0.3 is 14.7 Å². The highest BCUT2D eigenvalue weighted by Crippen LogP contribution is 2.22. The molecule has 0 radical (unpaired) electrons. The Morgan fingerprint density at radius 2 is 2.04 bits per heavy atom. The van der Waals surface area contributed by atoms with Crippen LogP contribution in [0.15, 0.2) is 6.20 Å². The summed E-state index contributed by atoms with van der Waals surface area (Å²) in [5.41, 5.74) is 0. The molecule has 0 saturated carbocycles. The number of rotatable bonds is 4. The van der Waals surface area contributed by atoms with Crippen molar-refractivity contribution in [2.75, 3.05) is 54.5 Å². The van der Waals surface area contributed by atoms with Gasteiger partial charge in [0.1, 0.15) is 0 Å². The van der Waals surface area contributed by atoms with Crippen molar-refractivity contribution in [2.45, 2.75) is 12.5 Å². The minimum Gasteiger partial charge on any atom is -0.354 e. The fraction of sp³-hybridized carbons (Fsp3) is 0.692. The topological polar surface area (TPSA) is 99.6 Å². The molecule has 0 N–H and O–H groups in total. The van der Waals surface area contributed by atoms with Crippen molar-refractivity contribution in [3.05, 3.63) is 6.20 Å². The number of amides is 1. The summed E-state index contributed by atoms with van der Waals surface area (Å²) in [6.45, 7) is 2.58. The van der Waals surface area contributed by atoms with Gasteiger partial charge in [0.25, 0.3) is 0 Å². The maximum Gasteiger partial charge on any atom is 0.247 e. The molecule has 2 fully saturated rings. The standard InChI is InChI=1S/C13H20N6O3S/c1-17(11-2-7-23(21,22)9-11)12-8-14-16-13(15-12)19-5-3-18(10-20)4-6-19/h8,10-11H,2-7,9H2,1H3. The largest absolute Gasteiger partial charge is 0.354 e. The highest BCUT2D eigenvalue weighted by atomic mass is 32.2. The van der Waals surface area contributed by atoms with Crippen LogP contribution in [-0.4, -0.2) is 85.7 Å². The molecule has 1 unspecified atom stereocenters. The van der Waals surface area contributed by atoms with Crippen LogP contribution in [0.2, 0.25) is 0 Å². The van der Waals surface area contributed by atoms with Crippen LogP contribution < -0.4 is 9.80 Å². The van der Waals surface area contributed by atoms with Gasteiger partial charge in [-0.25, -0.2) is 8.42 Å². The SMILES string of the molecule is CN(c1cnnc(N2CCN(C=O)CC2)n1)C1CCS(=O)(=O)C1. The zero-order valence-electron chi connectivity index (χ0n) is 13.0. The molecule has 0 bridgehead atoms. The van der Waals surface area contributed by atoms with E-state index < -0.39 is 9.84 Å². The lowest BCUT2D eigenvalue weighted by atomic mass is 10.2. The lowest BCUT2D eigenvalue weighted by Gasteiger charge is -2.32. The molecule has 1 aromatic rings. The average Bonchev–Trinajstić information content (AvgIpc) is 2.94. The third-order valence-electron chi connectivity index (χ3n) is 4.40. The highest BCUT2D eigenvalue weighted by molar-refractivity contribution is 7.91. The van der Waals surface area contributed by atoms with Crippen LogP contribution in [0.25, 0.3) is 0 Å². The Kier molecular flexibility index (Phi) is 4.33. The normalized spacial score (nSPS) is 23.8. The summed E-state index contributed by atoms with van der Waals surface area (Å²) >= 11 is 0. The monoisotopic (exact) mass is 340 g/mol. The van der Waals surface area contributed by atoms with Crippen molar-refractivity contribution in [1.29, 1.82) is 0 Å². The fourth-order valence-corrected chi connectivity index (χ4v) is 4.66. The lowest BCUT2D eigenvalue weighted by molar-refractivity contribution is -0.118. The first-order valence-corrected chi connectivity index (χ1v) is 9.38. The number of carbonyl (C=O) groups excluding carboxylic acids is 1. The molecular weight excluding hydrogens is 320 g/mol. The minimum absolute atomic E-state index is 0.0727. The maximum absolute atomic E-state index is 11.6. The number of sulfone groups is 1. The molecule has 0 aromatic carbocycles. The second-order valence-electron chi connectivity index (χ2n) is 5.91. The smallest absolute Gasteiger partial charge is 0.247 e. The molecule has 9 nitrogen and oxygen atoms in total. The van der Waals surface area contributed by atoms with E-state index in [0.717, 1.165) is 6.41 Å². The van der Waals surface area contributed by atoms with E-state index in [-0.39, 0.29) is 17.5 Å². The van der Waals surface area contributed by atoms with Gasteiger partial charge in [0.15, 0.2) is 15.7 Å². The molecule has 23 heavy (non-hydrogen) atoms. The summed E-state index contributed by atoms with van der Waals surface area (Å²) < 4.78 is 23.3. The van der Waals surface area contributed by atoms with Crippen LogP contribution >= 0.6 is 0 Å². The van der Waals surface area contributed by atoms with E-state index in [4.69, 9.17) is 0 Å². The highest BCUT2D eigenvalue weighted by Gasteiger charge is 2.31. The van der Waals surface area contributed by atoms with E-state index in [1.165, 1.54) is 0 Å². The maximum atomic E-state index is 11.6.